The molecule has 3 nitrogen and oxygen atoms in total. The van der Waals surface area contributed by atoms with Crippen molar-refractivity contribution in [3.05, 3.63) is 21.4 Å². The third kappa shape index (κ3) is 5.32. The van der Waals surface area contributed by atoms with E-state index in [9.17, 15) is 4.79 Å². The summed E-state index contributed by atoms with van der Waals surface area (Å²) in [6.07, 6.45) is 6.53. The van der Waals surface area contributed by atoms with Crippen molar-refractivity contribution in [3.63, 3.8) is 0 Å². The Morgan fingerprint density at radius 2 is 2.08 bits per heavy atom. The molecule has 0 fully saturated rings. The number of carbonyl (C=O) groups is 1. The van der Waals surface area contributed by atoms with E-state index in [1.54, 1.807) is 11.3 Å². The minimum atomic E-state index is 0.0928. The van der Waals surface area contributed by atoms with Crippen LogP contribution in [0.4, 0.5) is 0 Å². The number of carbonyl (C=O) groups excluding carboxylic acids is 1. The maximum absolute atomic E-state index is 12.4. The van der Waals surface area contributed by atoms with Gasteiger partial charge in [0, 0.05) is 30.0 Å². The molecule has 0 bridgehead atoms. The Bertz CT molecular complexity index is 530. The number of ether oxygens (including phenoxy) is 1. The molecule has 0 saturated heterocycles. The first-order chi connectivity index (χ1) is 11.4. The van der Waals surface area contributed by atoms with Gasteiger partial charge in [-0.25, -0.2) is 0 Å². The summed E-state index contributed by atoms with van der Waals surface area (Å²) in [5.74, 6) is 0.815. The highest BCUT2D eigenvalue weighted by molar-refractivity contribution is 7.10. The zero-order chi connectivity index (χ0) is 17.6. The van der Waals surface area contributed by atoms with Crippen molar-refractivity contribution in [3.8, 4) is 0 Å². The van der Waals surface area contributed by atoms with Crippen LogP contribution in [-0.4, -0.2) is 25.7 Å². The Balaban J connectivity index is 1.80. The van der Waals surface area contributed by atoms with Gasteiger partial charge in [0.15, 0.2) is 0 Å². The van der Waals surface area contributed by atoms with Gasteiger partial charge in [0.05, 0.1) is 5.56 Å². The maximum atomic E-state index is 12.4. The highest BCUT2D eigenvalue weighted by Crippen LogP contribution is 2.40. The quantitative estimate of drug-likeness (QED) is 0.681. The number of amides is 1. The van der Waals surface area contributed by atoms with Crippen molar-refractivity contribution in [2.75, 3.05) is 19.8 Å². The van der Waals surface area contributed by atoms with Gasteiger partial charge in [-0.3, -0.25) is 4.79 Å². The molecule has 1 N–H and O–H groups in total. The standard InChI is InChI=1S/C20H33NO2S/c1-5-6-11-23-12-7-10-21-19(22)17-14-24-18-13-15(20(2,3)4)8-9-16(17)18/h14-15H,5-13H2,1-4H3,(H,21,22). The molecule has 1 aliphatic carbocycles. The predicted molar refractivity (Wildman–Crippen MR) is 102 cm³/mol. The molecule has 0 aromatic carbocycles. The van der Waals surface area contributed by atoms with Crippen LogP contribution in [-0.2, 0) is 17.6 Å². The number of unbranched alkanes of at least 4 members (excludes halogenated alkanes) is 1. The van der Waals surface area contributed by atoms with E-state index in [1.807, 2.05) is 0 Å². The number of rotatable bonds is 8. The summed E-state index contributed by atoms with van der Waals surface area (Å²) in [5.41, 5.74) is 2.56. The lowest BCUT2D eigenvalue weighted by Gasteiger charge is -2.34. The minimum Gasteiger partial charge on any atom is -0.381 e. The molecule has 1 aliphatic rings. The monoisotopic (exact) mass is 351 g/mol. The predicted octanol–water partition coefficient (Wildman–Crippen LogP) is 4.84. The molecular formula is C20H33NO2S. The number of hydrogen-bond acceptors (Lipinski definition) is 3. The minimum absolute atomic E-state index is 0.0928. The lowest BCUT2D eigenvalue weighted by molar-refractivity contribution is 0.0939. The molecule has 136 valence electrons. The molecule has 0 aliphatic heterocycles. The highest BCUT2D eigenvalue weighted by atomic mass is 32.1. The molecule has 0 spiro atoms. The fourth-order valence-corrected chi connectivity index (χ4v) is 4.42. The molecular weight excluding hydrogens is 318 g/mol. The van der Waals surface area contributed by atoms with Crippen molar-refractivity contribution in [1.29, 1.82) is 0 Å². The van der Waals surface area contributed by atoms with Crippen molar-refractivity contribution in [2.24, 2.45) is 11.3 Å². The second-order valence-corrected chi connectivity index (χ2v) is 8.90. The summed E-state index contributed by atoms with van der Waals surface area (Å²) < 4.78 is 5.53. The van der Waals surface area contributed by atoms with E-state index >= 15 is 0 Å². The summed E-state index contributed by atoms with van der Waals surface area (Å²) >= 11 is 1.77. The molecule has 24 heavy (non-hydrogen) atoms. The lowest BCUT2D eigenvalue weighted by atomic mass is 9.72. The number of fused-ring (bicyclic) bond motifs is 1. The highest BCUT2D eigenvalue weighted by Gasteiger charge is 2.31. The van der Waals surface area contributed by atoms with Gasteiger partial charge in [-0.2, -0.15) is 0 Å². The molecule has 4 heteroatoms. The topological polar surface area (TPSA) is 38.3 Å². The molecule has 1 aromatic heterocycles. The SMILES string of the molecule is CCCCOCCCNC(=O)c1csc2c1CCC(C(C)(C)C)C2. The van der Waals surface area contributed by atoms with Crippen LogP contribution in [0.2, 0.25) is 0 Å². The Morgan fingerprint density at radius 1 is 1.33 bits per heavy atom. The van der Waals surface area contributed by atoms with E-state index in [2.05, 4.69) is 38.4 Å². The second-order valence-electron chi connectivity index (χ2n) is 7.93. The summed E-state index contributed by atoms with van der Waals surface area (Å²) in [5, 5.41) is 5.11. The Morgan fingerprint density at radius 3 is 2.79 bits per heavy atom. The number of nitrogens with one attached hydrogen (secondary N) is 1. The molecule has 1 atom stereocenters. The van der Waals surface area contributed by atoms with Crippen molar-refractivity contribution in [1.82, 2.24) is 5.32 Å². The number of hydrogen-bond donors (Lipinski definition) is 1. The second kappa shape index (κ2) is 9.00. The van der Waals surface area contributed by atoms with Gasteiger partial charge in [0.1, 0.15) is 0 Å². The fraction of sp³-hybridized carbons (Fsp3) is 0.750. The Hall–Kier alpha value is -0.870. The molecule has 1 aromatic rings. The first kappa shape index (κ1) is 19.5. The summed E-state index contributed by atoms with van der Waals surface area (Å²) in [4.78, 5) is 13.9. The molecule has 0 radical (unpaired) electrons. The van der Waals surface area contributed by atoms with Gasteiger partial charge in [0.2, 0.25) is 0 Å². The van der Waals surface area contributed by atoms with E-state index in [0.717, 1.165) is 56.8 Å². The molecule has 2 rings (SSSR count). The van der Waals surface area contributed by atoms with Crippen LogP contribution in [0.5, 0.6) is 0 Å². The Kier molecular flexibility index (Phi) is 7.30. The largest absolute Gasteiger partial charge is 0.381 e. The van der Waals surface area contributed by atoms with Crippen molar-refractivity contribution >= 4 is 17.2 Å². The van der Waals surface area contributed by atoms with Crippen LogP contribution in [0.25, 0.3) is 0 Å². The zero-order valence-electron chi connectivity index (χ0n) is 15.7. The van der Waals surface area contributed by atoms with Gasteiger partial charge in [0.25, 0.3) is 5.91 Å². The summed E-state index contributed by atoms with van der Waals surface area (Å²) in [6, 6.07) is 0. The average Bonchev–Trinajstić information content (AvgIpc) is 2.96. The van der Waals surface area contributed by atoms with Crippen LogP contribution in [0, 0.1) is 11.3 Å². The zero-order valence-corrected chi connectivity index (χ0v) is 16.6. The third-order valence-corrected chi connectivity index (χ3v) is 6.07. The van der Waals surface area contributed by atoms with E-state index in [1.165, 1.54) is 16.9 Å². The van der Waals surface area contributed by atoms with Gasteiger partial charge in [-0.05, 0) is 49.0 Å². The van der Waals surface area contributed by atoms with Crippen LogP contribution in [0.1, 0.15) is 74.2 Å². The first-order valence-electron chi connectivity index (χ1n) is 9.38. The fourth-order valence-electron chi connectivity index (χ4n) is 3.26. The van der Waals surface area contributed by atoms with Crippen molar-refractivity contribution < 1.29 is 9.53 Å². The molecule has 1 unspecified atom stereocenters. The normalized spacial score (nSPS) is 17.6. The van der Waals surface area contributed by atoms with Gasteiger partial charge in [-0.1, -0.05) is 34.1 Å². The van der Waals surface area contributed by atoms with E-state index < -0.39 is 0 Å². The lowest BCUT2D eigenvalue weighted by Crippen LogP contribution is -2.29. The van der Waals surface area contributed by atoms with Crippen LogP contribution in [0.15, 0.2) is 5.38 Å². The van der Waals surface area contributed by atoms with E-state index in [-0.39, 0.29) is 5.91 Å². The molecule has 0 saturated carbocycles. The van der Waals surface area contributed by atoms with Crippen LogP contribution < -0.4 is 5.32 Å². The van der Waals surface area contributed by atoms with Gasteiger partial charge in [-0.15, -0.1) is 11.3 Å². The molecule has 1 heterocycles. The Labute approximate surface area is 151 Å². The molecule has 1 amide bonds. The van der Waals surface area contributed by atoms with Gasteiger partial charge < -0.3 is 10.1 Å². The van der Waals surface area contributed by atoms with Crippen LogP contribution in [0.3, 0.4) is 0 Å². The summed E-state index contributed by atoms with van der Waals surface area (Å²) in [7, 11) is 0. The number of thiophene rings is 1. The third-order valence-electron chi connectivity index (χ3n) is 5.02. The van der Waals surface area contributed by atoms with Crippen molar-refractivity contribution in [2.45, 2.75) is 66.2 Å². The summed E-state index contributed by atoms with van der Waals surface area (Å²) in [6.45, 7) is 11.4. The first-order valence-corrected chi connectivity index (χ1v) is 10.3. The van der Waals surface area contributed by atoms with Gasteiger partial charge >= 0.3 is 0 Å². The maximum Gasteiger partial charge on any atom is 0.252 e. The smallest absolute Gasteiger partial charge is 0.252 e. The average molecular weight is 352 g/mol. The van der Waals surface area contributed by atoms with E-state index in [0.29, 0.717) is 12.0 Å². The van der Waals surface area contributed by atoms with Crippen LogP contribution >= 0.6 is 11.3 Å². The van der Waals surface area contributed by atoms with E-state index in [4.69, 9.17) is 4.74 Å².